The van der Waals surface area contributed by atoms with E-state index in [9.17, 15) is 9.18 Å². The number of primary amides is 1. The van der Waals surface area contributed by atoms with Gasteiger partial charge in [-0.15, -0.1) is 12.4 Å². The highest BCUT2D eigenvalue weighted by Crippen LogP contribution is 2.14. The quantitative estimate of drug-likeness (QED) is 0.756. The number of carbonyl (C=O) groups excluding carboxylic acids is 1. The lowest BCUT2D eigenvalue weighted by atomic mass is 10.2. The number of hydrogen-bond donors (Lipinski definition) is 1. The molecule has 0 aromatic heterocycles. The SMILES string of the molecule is Cl.NC(=O)c1ccc(Cl)c(F)c1. The van der Waals surface area contributed by atoms with Gasteiger partial charge in [-0.3, -0.25) is 4.79 Å². The molecule has 0 aliphatic carbocycles. The average molecular weight is 210 g/mol. The smallest absolute Gasteiger partial charge is 0.248 e. The summed E-state index contributed by atoms with van der Waals surface area (Å²) in [6, 6.07) is 3.66. The van der Waals surface area contributed by atoms with E-state index < -0.39 is 11.7 Å². The summed E-state index contributed by atoms with van der Waals surface area (Å²) in [5.74, 6) is -1.30. The molecule has 0 bridgehead atoms. The van der Waals surface area contributed by atoms with Crippen LogP contribution in [-0.4, -0.2) is 5.91 Å². The van der Waals surface area contributed by atoms with Crippen molar-refractivity contribution in [2.45, 2.75) is 0 Å². The molecule has 0 saturated heterocycles. The number of carbonyl (C=O) groups is 1. The third-order valence-electron chi connectivity index (χ3n) is 1.20. The van der Waals surface area contributed by atoms with Crippen LogP contribution in [-0.2, 0) is 0 Å². The van der Waals surface area contributed by atoms with Gasteiger partial charge in [0.1, 0.15) is 5.82 Å². The van der Waals surface area contributed by atoms with Gasteiger partial charge in [-0.05, 0) is 18.2 Å². The Bertz CT molecular complexity index is 303. The molecule has 5 heteroatoms. The van der Waals surface area contributed by atoms with Gasteiger partial charge in [-0.2, -0.15) is 0 Å². The Labute approximate surface area is 79.9 Å². The average Bonchev–Trinajstić information content (AvgIpc) is 1.94. The first-order chi connectivity index (χ1) is 5.11. The molecule has 0 heterocycles. The lowest BCUT2D eigenvalue weighted by Gasteiger charge is -1.95. The highest BCUT2D eigenvalue weighted by atomic mass is 35.5. The summed E-state index contributed by atoms with van der Waals surface area (Å²) in [6.07, 6.45) is 0. The summed E-state index contributed by atoms with van der Waals surface area (Å²) >= 11 is 5.36. The van der Waals surface area contributed by atoms with Crippen molar-refractivity contribution in [2.24, 2.45) is 5.73 Å². The van der Waals surface area contributed by atoms with Gasteiger partial charge in [0, 0.05) is 5.56 Å². The van der Waals surface area contributed by atoms with Crippen molar-refractivity contribution in [3.8, 4) is 0 Å². The Morgan fingerprint density at radius 2 is 2.08 bits per heavy atom. The summed E-state index contributed by atoms with van der Waals surface area (Å²) in [6.45, 7) is 0. The van der Waals surface area contributed by atoms with Gasteiger partial charge < -0.3 is 5.73 Å². The van der Waals surface area contributed by atoms with Crippen molar-refractivity contribution in [3.63, 3.8) is 0 Å². The molecule has 0 spiro atoms. The Hall–Kier alpha value is -0.800. The lowest BCUT2D eigenvalue weighted by Crippen LogP contribution is -2.10. The van der Waals surface area contributed by atoms with Gasteiger partial charge in [-0.25, -0.2) is 4.39 Å². The molecule has 0 radical (unpaired) electrons. The van der Waals surface area contributed by atoms with E-state index in [1.165, 1.54) is 12.1 Å². The first kappa shape index (κ1) is 11.2. The van der Waals surface area contributed by atoms with E-state index in [0.717, 1.165) is 6.07 Å². The van der Waals surface area contributed by atoms with Crippen LogP contribution in [0.15, 0.2) is 18.2 Å². The predicted octanol–water partition coefficient (Wildman–Crippen LogP) is 2.00. The molecule has 2 N–H and O–H groups in total. The third kappa shape index (κ3) is 2.36. The maximum atomic E-state index is 12.6. The Balaban J connectivity index is 0.00000121. The van der Waals surface area contributed by atoms with Crippen molar-refractivity contribution in [3.05, 3.63) is 34.6 Å². The van der Waals surface area contributed by atoms with Crippen LogP contribution in [0.3, 0.4) is 0 Å². The second kappa shape index (κ2) is 4.28. The molecule has 0 unspecified atom stereocenters. The second-order valence-electron chi connectivity index (χ2n) is 1.99. The molecule has 0 atom stereocenters. The summed E-state index contributed by atoms with van der Waals surface area (Å²) < 4.78 is 12.6. The number of amides is 1. The van der Waals surface area contributed by atoms with Crippen molar-refractivity contribution in [1.29, 1.82) is 0 Å². The molecule has 0 saturated carbocycles. The molecule has 12 heavy (non-hydrogen) atoms. The van der Waals surface area contributed by atoms with E-state index in [1.807, 2.05) is 0 Å². The standard InChI is InChI=1S/C7H5ClFNO.ClH/c8-5-2-1-4(7(10)11)3-6(5)9;/h1-3H,(H2,10,11);1H. The van der Waals surface area contributed by atoms with E-state index in [1.54, 1.807) is 0 Å². The van der Waals surface area contributed by atoms with E-state index in [2.05, 4.69) is 0 Å². The van der Waals surface area contributed by atoms with Crippen molar-refractivity contribution < 1.29 is 9.18 Å². The van der Waals surface area contributed by atoms with Crippen molar-refractivity contribution in [2.75, 3.05) is 0 Å². The van der Waals surface area contributed by atoms with E-state index >= 15 is 0 Å². The van der Waals surface area contributed by atoms with Gasteiger partial charge in [-0.1, -0.05) is 11.6 Å². The summed E-state index contributed by atoms with van der Waals surface area (Å²) in [4.78, 5) is 10.5. The molecule has 1 aromatic rings. The first-order valence-electron chi connectivity index (χ1n) is 2.86. The second-order valence-corrected chi connectivity index (χ2v) is 2.40. The predicted molar refractivity (Wildman–Crippen MR) is 47.2 cm³/mol. The maximum absolute atomic E-state index is 12.6. The minimum atomic E-state index is -0.666. The molecular weight excluding hydrogens is 204 g/mol. The normalized spacial score (nSPS) is 8.83. The van der Waals surface area contributed by atoms with Crippen LogP contribution < -0.4 is 5.73 Å². The van der Waals surface area contributed by atoms with Crippen LogP contribution in [0.2, 0.25) is 5.02 Å². The zero-order chi connectivity index (χ0) is 8.43. The molecule has 0 aliphatic heterocycles. The van der Waals surface area contributed by atoms with Crippen LogP contribution in [0.5, 0.6) is 0 Å². The maximum Gasteiger partial charge on any atom is 0.248 e. The van der Waals surface area contributed by atoms with Crippen LogP contribution in [0.25, 0.3) is 0 Å². The molecule has 0 fully saturated rings. The zero-order valence-electron chi connectivity index (χ0n) is 5.88. The number of hydrogen-bond acceptors (Lipinski definition) is 1. The Kier molecular flexibility index (Phi) is 4.00. The van der Waals surface area contributed by atoms with Gasteiger partial charge >= 0.3 is 0 Å². The monoisotopic (exact) mass is 209 g/mol. The van der Waals surface area contributed by atoms with Gasteiger partial charge in [0.15, 0.2) is 0 Å². The van der Waals surface area contributed by atoms with E-state index in [4.69, 9.17) is 17.3 Å². The fourth-order valence-corrected chi connectivity index (χ4v) is 0.767. The van der Waals surface area contributed by atoms with E-state index in [-0.39, 0.29) is 23.0 Å². The zero-order valence-corrected chi connectivity index (χ0v) is 7.45. The van der Waals surface area contributed by atoms with Crippen molar-refractivity contribution >= 4 is 29.9 Å². The summed E-state index contributed by atoms with van der Waals surface area (Å²) in [7, 11) is 0. The third-order valence-corrected chi connectivity index (χ3v) is 1.51. The number of nitrogens with two attached hydrogens (primary N) is 1. The largest absolute Gasteiger partial charge is 0.366 e. The fraction of sp³-hybridized carbons (Fsp3) is 0. The summed E-state index contributed by atoms with van der Waals surface area (Å²) in [5.41, 5.74) is 5.00. The molecule has 66 valence electrons. The molecule has 1 aromatic carbocycles. The van der Waals surface area contributed by atoms with Crippen LogP contribution >= 0.6 is 24.0 Å². The molecule has 0 aliphatic rings. The molecule has 2 nitrogen and oxygen atoms in total. The van der Waals surface area contributed by atoms with Gasteiger partial charge in [0.05, 0.1) is 5.02 Å². The molecule has 1 amide bonds. The lowest BCUT2D eigenvalue weighted by molar-refractivity contribution is 0.1000. The molecule has 1 rings (SSSR count). The minimum Gasteiger partial charge on any atom is -0.366 e. The highest BCUT2D eigenvalue weighted by Gasteiger charge is 2.03. The van der Waals surface area contributed by atoms with Crippen molar-refractivity contribution in [1.82, 2.24) is 0 Å². The summed E-state index contributed by atoms with van der Waals surface area (Å²) in [5, 5.41) is -0.0185. The number of halogens is 3. The Morgan fingerprint density at radius 1 is 1.50 bits per heavy atom. The fourth-order valence-electron chi connectivity index (χ4n) is 0.649. The Morgan fingerprint density at radius 3 is 2.50 bits per heavy atom. The van der Waals surface area contributed by atoms with Crippen LogP contribution in [0.1, 0.15) is 10.4 Å². The van der Waals surface area contributed by atoms with Gasteiger partial charge in [0.25, 0.3) is 0 Å². The van der Waals surface area contributed by atoms with E-state index in [0.29, 0.717) is 0 Å². The number of rotatable bonds is 1. The van der Waals surface area contributed by atoms with Crippen LogP contribution in [0.4, 0.5) is 4.39 Å². The van der Waals surface area contributed by atoms with Gasteiger partial charge in [0.2, 0.25) is 5.91 Å². The number of benzene rings is 1. The first-order valence-corrected chi connectivity index (χ1v) is 3.24. The molecular formula is C7H6Cl2FNO. The minimum absolute atomic E-state index is 0. The highest BCUT2D eigenvalue weighted by molar-refractivity contribution is 6.30. The van der Waals surface area contributed by atoms with Crippen LogP contribution in [0, 0.1) is 5.82 Å². The topological polar surface area (TPSA) is 43.1 Å².